The number of carbonyl (C=O) groups is 2. The normalized spacial score (nSPS) is 15.3. The minimum atomic E-state index is -0.941. The first-order valence-corrected chi connectivity index (χ1v) is 7.68. The number of likely N-dealkylation sites (tertiary alicyclic amines) is 1. The molecule has 0 aromatic heterocycles. The van der Waals surface area contributed by atoms with E-state index in [0.29, 0.717) is 25.9 Å². The molecule has 1 saturated heterocycles. The first kappa shape index (κ1) is 17.1. The van der Waals surface area contributed by atoms with E-state index in [0.717, 1.165) is 5.56 Å². The van der Waals surface area contributed by atoms with Crippen LogP contribution in [0.15, 0.2) is 30.3 Å². The van der Waals surface area contributed by atoms with Crippen molar-refractivity contribution in [1.82, 2.24) is 9.80 Å². The van der Waals surface area contributed by atoms with E-state index in [1.807, 2.05) is 30.3 Å². The Morgan fingerprint density at radius 2 is 1.87 bits per heavy atom. The fourth-order valence-corrected chi connectivity index (χ4v) is 2.70. The van der Waals surface area contributed by atoms with Crippen LogP contribution in [-0.2, 0) is 11.3 Å². The second-order valence-corrected chi connectivity index (χ2v) is 5.46. The van der Waals surface area contributed by atoms with Crippen LogP contribution in [0.25, 0.3) is 0 Å². The first-order valence-electron chi connectivity index (χ1n) is 7.68. The van der Waals surface area contributed by atoms with Crippen molar-refractivity contribution in [3.63, 3.8) is 0 Å². The number of hydrogen-bond acceptors (Lipinski definition) is 4. The van der Waals surface area contributed by atoms with Gasteiger partial charge in [-0.3, -0.25) is 0 Å². The van der Waals surface area contributed by atoms with Crippen molar-refractivity contribution in [3.05, 3.63) is 35.9 Å². The minimum absolute atomic E-state index is 0.110. The molecule has 0 aliphatic carbocycles. The molecular weight excluding hydrogens is 300 g/mol. The Bertz CT molecular complexity index is 514. The molecule has 2 rings (SSSR count). The van der Waals surface area contributed by atoms with E-state index in [-0.39, 0.29) is 25.8 Å². The van der Waals surface area contributed by atoms with Crippen molar-refractivity contribution in [3.8, 4) is 0 Å². The van der Waals surface area contributed by atoms with Gasteiger partial charge in [-0.2, -0.15) is 0 Å². The van der Waals surface area contributed by atoms with Crippen LogP contribution in [0, 0.1) is 0 Å². The third-order valence-corrected chi connectivity index (χ3v) is 3.96. The number of rotatable bonds is 5. The fourth-order valence-electron chi connectivity index (χ4n) is 2.70. The van der Waals surface area contributed by atoms with Crippen LogP contribution >= 0.6 is 0 Å². The zero-order valence-electron chi connectivity index (χ0n) is 12.9. The number of aliphatic hydroxyl groups is 1. The topological polar surface area (TPSA) is 90.3 Å². The highest BCUT2D eigenvalue weighted by Crippen LogP contribution is 2.18. The fraction of sp³-hybridized carbons (Fsp3) is 0.500. The highest BCUT2D eigenvalue weighted by molar-refractivity contribution is 5.68. The molecule has 2 N–H and O–H groups in total. The Balaban J connectivity index is 1.90. The summed E-state index contributed by atoms with van der Waals surface area (Å²) >= 11 is 0. The minimum Gasteiger partial charge on any atom is -0.465 e. The van der Waals surface area contributed by atoms with Gasteiger partial charge in [-0.1, -0.05) is 30.3 Å². The van der Waals surface area contributed by atoms with Crippen LogP contribution in [0.2, 0.25) is 0 Å². The van der Waals surface area contributed by atoms with Crippen molar-refractivity contribution in [1.29, 1.82) is 0 Å². The molecule has 0 unspecified atom stereocenters. The number of ether oxygens (including phenoxy) is 1. The van der Waals surface area contributed by atoms with Crippen LogP contribution in [0.4, 0.5) is 9.59 Å². The third kappa shape index (κ3) is 4.85. The van der Waals surface area contributed by atoms with Crippen molar-refractivity contribution in [2.45, 2.75) is 25.5 Å². The maximum absolute atomic E-state index is 12.3. The summed E-state index contributed by atoms with van der Waals surface area (Å²) in [6.45, 7) is 0.975. The maximum atomic E-state index is 12.3. The maximum Gasteiger partial charge on any atom is 0.410 e. The van der Waals surface area contributed by atoms with Crippen molar-refractivity contribution in [2.24, 2.45) is 0 Å². The second kappa shape index (κ2) is 8.38. The molecule has 1 aliphatic rings. The molecular formula is C16H22N2O5. The summed E-state index contributed by atoms with van der Waals surface area (Å²) in [6.07, 6.45) is -0.320. The number of piperidine rings is 1. The Morgan fingerprint density at radius 1 is 1.22 bits per heavy atom. The molecule has 23 heavy (non-hydrogen) atoms. The van der Waals surface area contributed by atoms with Crippen LogP contribution in [-0.4, -0.2) is 64.5 Å². The molecule has 1 aromatic rings. The van der Waals surface area contributed by atoms with Crippen LogP contribution in [0.5, 0.6) is 0 Å². The van der Waals surface area contributed by atoms with Crippen LogP contribution < -0.4 is 0 Å². The molecule has 2 amide bonds. The van der Waals surface area contributed by atoms with E-state index in [1.54, 1.807) is 0 Å². The van der Waals surface area contributed by atoms with Gasteiger partial charge in [0.25, 0.3) is 0 Å². The molecule has 0 saturated carbocycles. The van der Waals surface area contributed by atoms with Gasteiger partial charge in [-0.25, -0.2) is 9.59 Å². The number of benzene rings is 1. The number of hydrogen-bond donors (Lipinski definition) is 2. The summed E-state index contributed by atoms with van der Waals surface area (Å²) in [6, 6.07) is 9.26. The lowest BCUT2D eigenvalue weighted by atomic mass is 10.0. The zero-order valence-corrected chi connectivity index (χ0v) is 12.9. The summed E-state index contributed by atoms with van der Waals surface area (Å²) in [5, 5.41) is 18.2. The summed E-state index contributed by atoms with van der Waals surface area (Å²) in [4.78, 5) is 26.1. The molecule has 1 aliphatic heterocycles. The van der Waals surface area contributed by atoms with Crippen LogP contribution in [0.3, 0.4) is 0 Å². The van der Waals surface area contributed by atoms with Crippen molar-refractivity contribution in [2.75, 3.05) is 26.2 Å². The summed E-state index contributed by atoms with van der Waals surface area (Å²) in [5.41, 5.74) is 0.894. The van der Waals surface area contributed by atoms with Crippen molar-refractivity contribution >= 4 is 12.2 Å². The van der Waals surface area contributed by atoms with Gasteiger partial charge in [0.2, 0.25) is 0 Å². The molecule has 0 spiro atoms. The average molecular weight is 322 g/mol. The Hall–Kier alpha value is -2.28. The molecule has 0 radical (unpaired) electrons. The van der Waals surface area contributed by atoms with Gasteiger partial charge in [0, 0.05) is 25.7 Å². The van der Waals surface area contributed by atoms with Gasteiger partial charge in [0.1, 0.15) is 6.61 Å². The number of carboxylic acid groups (broad SMARTS) is 1. The van der Waals surface area contributed by atoms with E-state index in [1.165, 1.54) is 9.80 Å². The Morgan fingerprint density at radius 3 is 2.43 bits per heavy atom. The van der Waals surface area contributed by atoms with Gasteiger partial charge < -0.3 is 24.7 Å². The van der Waals surface area contributed by atoms with Crippen molar-refractivity contribution < 1.29 is 24.5 Å². The molecule has 126 valence electrons. The number of amides is 2. The van der Waals surface area contributed by atoms with Gasteiger partial charge in [-0.05, 0) is 18.4 Å². The zero-order chi connectivity index (χ0) is 16.7. The molecule has 1 heterocycles. The SMILES string of the molecule is O=C(O)N1CCC(N(CCO)C(=O)OCc2ccccc2)CC1. The predicted octanol–water partition coefficient (Wildman–Crippen LogP) is 1.76. The standard InChI is InChI=1S/C16H22N2O5/c19-11-10-18(14-6-8-17(9-7-14)15(20)21)16(22)23-12-13-4-2-1-3-5-13/h1-5,14,19H,6-12H2,(H,20,21). The van der Waals surface area contributed by atoms with E-state index < -0.39 is 12.2 Å². The number of nitrogens with zero attached hydrogens (tertiary/aromatic N) is 2. The lowest BCUT2D eigenvalue weighted by Crippen LogP contribution is -2.49. The van der Waals surface area contributed by atoms with E-state index in [9.17, 15) is 14.7 Å². The molecule has 1 aromatic carbocycles. The number of carbonyl (C=O) groups excluding carboxylic acids is 1. The average Bonchev–Trinajstić information content (AvgIpc) is 2.58. The van der Waals surface area contributed by atoms with Gasteiger partial charge >= 0.3 is 12.2 Å². The van der Waals surface area contributed by atoms with Crippen LogP contribution in [0.1, 0.15) is 18.4 Å². The molecule has 7 heteroatoms. The third-order valence-electron chi connectivity index (χ3n) is 3.96. The Labute approximate surface area is 135 Å². The molecule has 7 nitrogen and oxygen atoms in total. The first-order chi connectivity index (χ1) is 11.1. The number of aliphatic hydroxyl groups excluding tert-OH is 1. The highest BCUT2D eigenvalue weighted by Gasteiger charge is 2.30. The molecule has 0 bridgehead atoms. The van der Waals surface area contributed by atoms with E-state index in [4.69, 9.17) is 9.84 Å². The highest BCUT2D eigenvalue weighted by atomic mass is 16.6. The summed E-state index contributed by atoms with van der Waals surface area (Å²) in [5.74, 6) is 0. The van der Waals surface area contributed by atoms with E-state index >= 15 is 0 Å². The van der Waals surface area contributed by atoms with Gasteiger partial charge in [0.05, 0.1) is 6.61 Å². The van der Waals surface area contributed by atoms with E-state index in [2.05, 4.69) is 0 Å². The second-order valence-electron chi connectivity index (χ2n) is 5.46. The summed E-state index contributed by atoms with van der Waals surface area (Å²) < 4.78 is 5.32. The van der Waals surface area contributed by atoms with Gasteiger partial charge in [-0.15, -0.1) is 0 Å². The smallest absolute Gasteiger partial charge is 0.410 e. The lowest BCUT2D eigenvalue weighted by molar-refractivity contribution is 0.0526. The lowest BCUT2D eigenvalue weighted by Gasteiger charge is -2.36. The van der Waals surface area contributed by atoms with Gasteiger partial charge in [0.15, 0.2) is 0 Å². The quantitative estimate of drug-likeness (QED) is 0.862. The molecule has 1 fully saturated rings. The monoisotopic (exact) mass is 322 g/mol. The Kier molecular flexibility index (Phi) is 6.22. The molecule has 0 atom stereocenters. The largest absolute Gasteiger partial charge is 0.465 e. The predicted molar refractivity (Wildman–Crippen MR) is 83.0 cm³/mol. The summed E-state index contributed by atoms with van der Waals surface area (Å²) in [7, 11) is 0.